The Morgan fingerprint density at radius 1 is 0.842 bits per heavy atom. The van der Waals surface area contributed by atoms with E-state index in [4.69, 9.17) is 11.5 Å². The van der Waals surface area contributed by atoms with Crippen LogP contribution in [0.4, 0.5) is 0 Å². The summed E-state index contributed by atoms with van der Waals surface area (Å²) < 4.78 is 0. The number of terminal acetylenes is 1. The number of benzene rings is 2. The smallest absolute Gasteiger partial charge is 0.0540 e. The summed E-state index contributed by atoms with van der Waals surface area (Å²) in [7, 11) is 0. The molecule has 1 heteroatoms. The van der Waals surface area contributed by atoms with Crippen LogP contribution in [0.15, 0.2) is 60.7 Å². The van der Waals surface area contributed by atoms with Gasteiger partial charge in [0.15, 0.2) is 0 Å². The SMILES string of the molecule is C#Cc1ccccc1.OCCC#Cc1ccccc1. The van der Waals surface area contributed by atoms with E-state index in [1.165, 1.54) is 0 Å². The summed E-state index contributed by atoms with van der Waals surface area (Å²) in [6.45, 7) is 0.139. The molecule has 0 aromatic heterocycles. The molecule has 19 heavy (non-hydrogen) atoms. The second-order valence-electron chi connectivity index (χ2n) is 3.65. The van der Waals surface area contributed by atoms with Gasteiger partial charge < -0.3 is 5.11 Å². The first-order valence-corrected chi connectivity index (χ1v) is 6.03. The number of hydrogen-bond donors (Lipinski definition) is 1. The van der Waals surface area contributed by atoms with Crippen LogP contribution in [-0.2, 0) is 0 Å². The second kappa shape index (κ2) is 9.54. The van der Waals surface area contributed by atoms with Gasteiger partial charge in [-0.1, -0.05) is 54.2 Å². The van der Waals surface area contributed by atoms with E-state index in [2.05, 4.69) is 17.8 Å². The third-order valence-corrected chi connectivity index (χ3v) is 2.18. The molecule has 0 atom stereocenters. The zero-order valence-corrected chi connectivity index (χ0v) is 10.7. The third kappa shape index (κ3) is 6.74. The minimum Gasteiger partial charge on any atom is -0.395 e. The predicted octanol–water partition coefficient (Wildman–Crippen LogP) is 3.09. The van der Waals surface area contributed by atoms with Crippen LogP contribution in [-0.4, -0.2) is 11.7 Å². The molecule has 2 aromatic rings. The third-order valence-electron chi connectivity index (χ3n) is 2.18. The molecule has 0 saturated carbocycles. The predicted molar refractivity (Wildman–Crippen MR) is 79.4 cm³/mol. The summed E-state index contributed by atoms with van der Waals surface area (Å²) in [6.07, 6.45) is 5.65. The fourth-order valence-corrected chi connectivity index (χ4v) is 1.28. The van der Waals surface area contributed by atoms with Crippen LogP contribution in [0.25, 0.3) is 0 Å². The molecule has 0 saturated heterocycles. The van der Waals surface area contributed by atoms with Gasteiger partial charge in [-0.25, -0.2) is 0 Å². The van der Waals surface area contributed by atoms with E-state index in [0.717, 1.165) is 11.1 Å². The van der Waals surface area contributed by atoms with Gasteiger partial charge in [0, 0.05) is 17.5 Å². The Morgan fingerprint density at radius 2 is 1.37 bits per heavy atom. The zero-order valence-electron chi connectivity index (χ0n) is 10.7. The van der Waals surface area contributed by atoms with Gasteiger partial charge in [0.25, 0.3) is 0 Å². The van der Waals surface area contributed by atoms with Crippen molar-refractivity contribution >= 4 is 0 Å². The Bertz CT molecular complexity index is 553. The van der Waals surface area contributed by atoms with Crippen molar-refractivity contribution in [2.45, 2.75) is 6.42 Å². The lowest BCUT2D eigenvalue weighted by Crippen LogP contribution is -1.76. The summed E-state index contributed by atoms with van der Waals surface area (Å²) in [5.74, 6) is 8.31. The lowest BCUT2D eigenvalue weighted by atomic mass is 10.2. The quantitative estimate of drug-likeness (QED) is 0.769. The van der Waals surface area contributed by atoms with Crippen molar-refractivity contribution in [1.29, 1.82) is 0 Å². The van der Waals surface area contributed by atoms with Crippen molar-refractivity contribution < 1.29 is 5.11 Å². The van der Waals surface area contributed by atoms with Crippen LogP contribution >= 0.6 is 0 Å². The van der Waals surface area contributed by atoms with E-state index < -0.39 is 0 Å². The Balaban J connectivity index is 0.000000200. The fourth-order valence-electron chi connectivity index (χ4n) is 1.28. The van der Waals surface area contributed by atoms with Gasteiger partial charge in [0.2, 0.25) is 0 Å². The van der Waals surface area contributed by atoms with Crippen LogP contribution in [0.1, 0.15) is 17.5 Å². The minimum atomic E-state index is 0.139. The standard InChI is InChI=1S/C10H10O.C8H6/c11-9-5-4-8-10-6-2-1-3-7-10;1-2-8-6-4-3-5-7-8/h1-3,6-7,11H,5,9H2;1,3-7H. The molecular weight excluding hydrogens is 232 g/mol. The average molecular weight is 248 g/mol. The van der Waals surface area contributed by atoms with Gasteiger partial charge in [-0.2, -0.15) is 0 Å². The van der Waals surface area contributed by atoms with Gasteiger partial charge in [-0.05, 0) is 24.3 Å². The van der Waals surface area contributed by atoms with E-state index in [1.54, 1.807) is 0 Å². The van der Waals surface area contributed by atoms with Gasteiger partial charge in [0.05, 0.1) is 6.61 Å². The molecule has 1 N–H and O–H groups in total. The van der Waals surface area contributed by atoms with E-state index in [0.29, 0.717) is 6.42 Å². The molecule has 2 rings (SSSR count). The maximum absolute atomic E-state index is 8.44. The number of aliphatic hydroxyl groups excluding tert-OH is 1. The normalized spacial score (nSPS) is 8.21. The van der Waals surface area contributed by atoms with Gasteiger partial charge in [-0.15, -0.1) is 6.42 Å². The van der Waals surface area contributed by atoms with Crippen LogP contribution in [0.2, 0.25) is 0 Å². The maximum atomic E-state index is 8.44. The van der Waals surface area contributed by atoms with Crippen molar-refractivity contribution in [1.82, 2.24) is 0 Å². The van der Waals surface area contributed by atoms with Crippen molar-refractivity contribution in [3.63, 3.8) is 0 Å². The molecule has 0 amide bonds. The molecule has 0 heterocycles. The highest BCUT2D eigenvalue weighted by Crippen LogP contribution is 1.94. The first-order valence-electron chi connectivity index (χ1n) is 6.03. The lowest BCUT2D eigenvalue weighted by molar-refractivity contribution is 0.305. The summed E-state index contributed by atoms with van der Waals surface area (Å²) in [6, 6.07) is 19.4. The van der Waals surface area contributed by atoms with Gasteiger partial charge in [-0.3, -0.25) is 0 Å². The highest BCUT2D eigenvalue weighted by molar-refractivity contribution is 5.33. The molecule has 0 unspecified atom stereocenters. The van der Waals surface area contributed by atoms with E-state index in [9.17, 15) is 0 Å². The topological polar surface area (TPSA) is 20.2 Å². The first kappa shape index (κ1) is 14.6. The van der Waals surface area contributed by atoms with E-state index in [-0.39, 0.29) is 6.61 Å². The Hall–Kier alpha value is -2.48. The Morgan fingerprint density at radius 3 is 1.79 bits per heavy atom. The summed E-state index contributed by atoms with van der Waals surface area (Å²) in [5, 5.41) is 8.44. The van der Waals surface area contributed by atoms with E-state index in [1.807, 2.05) is 60.7 Å². The zero-order chi connectivity index (χ0) is 13.8. The molecular formula is C18H16O. The molecule has 2 aromatic carbocycles. The van der Waals surface area contributed by atoms with Crippen molar-refractivity contribution in [2.75, 3.05) is 6.61 Å². The van der Waals surface area contributed by atoms with Crippen molar-refractivity contribution in [2.24, 2.45) is 0 Å². The first-order chi connectivity index (χ1) is 9.36. The lowest BCUT2D eigenvalue weighted by Gasteiger charge is -1.85. The average Bonchev–Trinajstić information content (AvgIpc) is 2.50. The summed E-state index contributed by atoms with van der Waals surface area (Å²) >= 11 is 0. The molecule has 1 nitrogen and oxygen atoms in total. The molecule has 0 aliphatic rings. The van der Waals surface area contributed by atoms with Gasteiger partial charge in [0.1, 0.15) is 0 Å². The number of rotatable bonds is 1. The van der Waals surface area contributed by atoms with Crippen LogP contribution in [0, 0.1) is 24.2 Å². The molecule has 0 aliphatic carbocycles. The fraction of sp³-hybridized carbons (Fsp3) is 0.111. The summed E-state index contributed by atoms with van der Waals surface area (Å²) in [5.41, 5.74) is 1.94. The molecule has 0 spiro atoms. The van der Waals surface area contributed by atoms with Crippen molar-refractivity contribution in [3.8, 4) is 24.2 Å². The molecule has 0 aliphatic heterocycles. The van der Waals surface area contributed by atoms with Crippen LogP contribution in [0.3, 0.4) is 0 Å². The molecule has 0 fully saturated rings. The highest BCUT2D eigenvalue weighted by atomic mass is 16.2. The van der Waals surface area contributed by atoms with Crippen molar-refractivity contribution in [3.05, 3.63) is 71.8 Å². The largest absolute Gasteiger partial charge is 0.395 e. The van der Waals surface area contributed by atoms with Crippen LogP contribution in [0.5, 0.6) is 0 Å². The monoisotopic (exact) mass is 248 g/mol. The minimum absolute atomic E-state index is 0.139. The second-order valence-corrected chi connectivity index (χ2v) is 3.65. The Labute approximate surface area is 114 Å². The molecule has 94 valence electrons. The number of hydrogen-bond acceptors (Lipinski definition) is 1. The highest BCUT2D eigenvalue weighted by Gasteiger charge is 1.79. The maximum Gasteiger partial charge on any atom is 0.0540 e. The van der Waals surface area contributed by atoms with Gasteiger partial charge >= 0.3 is 0 Å². The van der Waals surface area contributed by atoms with Crippen LogP contribution < -0.4 is 0 Å². The number of aliphatic hydroxyl groups is 1. The summed E-state index contributed by atoms with van der Waals surface area (Å²) in [4.78, 5) is 0. The molecule has 0 bridgehead atoms. The molecule has 0 radical (unpaired) electrons. The van der Waals surface area contributed by atoms with E-state index >= 15 is 0 Å². The Kier molecular flexibility index (Phi) is 7.32.